The fourth-order valence-corrected chi connectivity index (χ4v) is 4.94. The molecule has 0 spiro atoms. The first kappa shape index (κ1) is 27.4. The first-order valence-corrected chi connectivity index (χ1v) is 12.7. The maximum absolute atomic E-state index is 13.5. The third kappa shape index (κ3) is 5.31. The maximum Gasteiger partial charge on any atom is 0.362 e. The van der Waals surface area contributed by atoms with Crippen molar-refractivity contribution in [1.82, 2.24) is 19.7 Å². The van der Waals surface area contributed by atoms with Gasteiger partial charge in [0.1, 0.15) is 11.6 Å². The molecule has 0 aliphatic carbocycles. The summed E-state index contributed by atoms with van der Waals surface area (Å²) < 4.78 is 20.0. The Morgan fingerprint density at radius 1 is 1.02 bits per heavy atom. The molecule has 204 valence electrons. The van der Waals surface area contributed by atoms with Crippen molar-refractivity contribution >= 4 is 46.7 Å². The highest BCUT2D eigenvalue weighted by Gasteiger charge is 2.25. The summed E-state index contributed by atoms with van der Waals surface area (Å²) in [5, 5.41) is 12.6. The molecule has 3 aromatic carbocycles. The lowest BCUT2D eigenvalue weighted by atomic mass is 9.98. The Bertz CT molecular complexity index is 1800. The second-order valence-electron chi connectivity index (χ2n) is 8.71. The number of carboxylic acid groups (broad SMARTS) is 1. The average molecular weight is 606 g/mol. The third-order valence-electron chi connectivity index (χ3n) is 6.08. The Morgan fingerprint density at radius 3 is 2.42 bits per heavy atom. The van der Waals surface area contributed by atoms with Crippen LogP contribution in [0.2, 0.25) is 15.1 Å². The van der Waals surface area contributed by atoms with Crippen molar-refractivity contribution < 1.29 is 23.8 Å². The fourth-order valence-electron chi connectivity index (χ4n) is 4.18. The number of hydrogen-bond donors (Lipinski definition) is 2. The second-order valence-corrected chi connectivity index (χ2v) is 9.93. The standard InChI is InChI=1S/C26H16Cl3FN4O6/c27-17-7-12(1-4-20(17)30)11-33-6-5-13-8-15(2-3-16(13)24(33)36)40-22-18(28)9-14(10-19(22)29)34-26(39)31-23(35)21(32-34)25(37)38/h1-4,7-10H,5-6,11H2,(H,37,38)(H,31,35,39). The summed E-state index contributed by atoms with van der Waals surface area (Å²) in [5.74, 6) is -1.97. The van der Waals surface area contributed by atoms with Crippen LogP contribution >= 0.6 is 34.8 Å². The van der Waals surface area contributed by atoms with E-state index in [1.54, 1.807) is 29.2 Å². The lowest BCUT2D eigenvalue weighted by Gasteiger charge is -2.29. The van der Waals surface area contributed by atoms with E-state index in [-0.39, 0.29) is 39.0 Å². The number of amides is 1. The molecule has 10 nitrogen and oxygen atoms in total. The van der Waals surface area contributed by atoms with Crippen LogP contribution in [0.4, 0.5) is 4.39 Å². The van der Waals surface area contributed by atoms with Crippen LogP contribution in [0, 0.1) is 5.82 Å². The number of aromatic carboxylic acids is 1. The largest absolute Gasteiger partial charge is 0.476 e. The molecule has 1 aromatic heterocycles. The predicted octanol–water partition coefficient (Wildman–Crippen LogP) is 4.71. The molecular formula is C26H16Cl3FN4O6. The molecule has 0 unspecified atom stereocenters. The van der Waals surface area contributed by atoms with E-state index >= 15 is 0 Å². The minimum absolute atomic E-state index is 0.00956. The van der Waals surface area contributed by atoms with Gasteiger partial charge in [-0.05, 0) is 60.0 Å². The van der Waals surface area contributed by atoms with Gasteiger partial charge in [0.05, 0.1) is 20.8 Å². The fraction of sp³-hybridized carbons (Fsp3) is 0.115. The number of nitrogens with zero attached hydrogens (tertiary/aromatic N) is 3. The molecule has 0 atom stereocenters. The molecule has 40 heavy (non-hydrogen) atoms. The van der Waals surface area contributed by atoms with E-state index in [1.807, 2.05) is 4.98 Å². The zero-order valence-corrected chi connectivity index (χ0v) is 22.3. The van der Waals surface area contributed by atoms with Gasteiger partial charge in [-0.1, -0.05) is 40.9 Å². The van der Waals surface area contributed by atoms with Crippen LogP contribution in [0.25, 0.3) is 5.69 Å². The number of carbonyl (C=O) groups excluding carboxylic acids is 1. The molecule has 2 heterocycles. The summed E-state index contributed by atoms with van der Waals surface area (Å²) in [6.07, 6.45) is 0.528. The Morgan fingerprint density at radius 2 is 1.75 bits per heavy atom. The monoisotopic (exact) mass is 604 g/mol. The molecule has 5 rings (SSSR count). The minimum atomic E-state index is -1.62. The number of rotatable bonds is 6. The van der Waals surface area contributed by atoms with Gasteiger partial charge >= 0.3 is 11.7 Å². The molecule has 4 aromatic rings. The van der Waals surface area contributed by atoms with Crippen molar-refractivity contribution in [2.45, 2.75) is 13.0 Å². The van der Waals surface area contributed by atoms with Gasteiger partial charge in [-0.2, -0.15) is 9.78 Å². The van der Waals surface area contributed by atoms with Gasteiger partial charge in [0.25, 0.3) is 11.5 Å². The summed E-state index contributed by atoms with van der Waals surface area (Å²) in [6.45, 7) is 0.690. The Kier molecular flexibility index (Phi) is 7.37. The zero-order chi connectivity index (χ0) is 28.7. The predicted molar refractivity (Wildman–Crippen MR) is 144 cm³/mol. The highest BCUT2D eigenvalue weighted by molar-refractivity contribution is 6.37. The van der Waals surface area contributed by atoms with Crippen LogP contribution in [0.3, 0.4) is 0 Å². The lowest BCUT2D eigenvalue weighted by Crippen LogP contribution is -2.37. The number of carboxylic acids is 1. The molecule has 14 heteroatoms. The van der Waals surface area contributed by atoms with E-state index in [1.165, 1.54) is 24.3 Å². The van der Waals surface area contributed by atoms with E-state index in [0.29, 0.717) is 34.5 Å². The van der Waals surface area contributed by atoms with Gasteiger partial charge in [-0.15, -0.1) is 0 Å². The van der Waals surface area contributed by atoms with Crippen molar-refractivity contribution in [3.8, 4) is 17.2 Å². The topological polar surface area (TPSA) is 135 Å². The molecule has 0 saturated carbocycles. The average Bonchev–Trinajstić information content (AvgIpc) is 2.89. The van der Waals surface area contributed by atoms with Crippen molar-refractivity contribution in [1.29, 1.82) is 0 Å². The Labute approximate surface area is 239 Å². The SMILES string of the molecule is O=C(O)c1nn(-c2cc(Cl)c(Oc3ccc4c(c3)CCN(Cc3ccc(F)c(Cl)c3)C4=O)c(Cl)c2)c(=O)[nH]c1=O. The van der Waals surface area contributed by atoms with Gasteiger partial charge < -0.3 is 14.7 Å². The van der Waals surface area contributed by atoms with Gasteiger partial charge in [0, 0.05) is 18.7 Å². The van der Waals surface area contributed by atoms with Gasteiger partial charge in [0.15, 0.2) is 5.75 Å². The molecular weight excluding hydrogens is 590 g/mol. The van der Waals surface area contributed by atoms with Crippen LogP contribution in [0.1, 0.15) is 32.0 Å². The van der Waals surface area contributed by atoms with E-state index in [2.05, 4.69) is 5.10 Å². The number of ether oxygens (including phenoxy) is 1. The molecule has 1 amide bonds. The minimum Gasteiger partial charge on any atom is -0.476 e. The number of fused-ring (bicyclic) bond motifs is 1. The number of nitrogens with one attached hydrogen (secondary N) is 1. The summed E-state index contributed by atoms with van der Waals surface area (Å²) in [7, 11) is 0. The third-order valence-corrected chi connectivity index (χ3v) is 6.93. The zero-order valence-electron chi connectivity index (χ0n) is 20.1. The summed E-state index contributed by atoms with van der Waals surface area (Å²) in [5.41, 5.74) is -1.12. The molecule has 0 fully saturated rings. The quantitative estimate of drug-likeness (QED) is 0.325. The second kappa shape index (κ2) is 10.8. The highest BCUT2D eigenvalue weighted by atomic mass is 35.5. The van der Waals surface area contributed by atoms with Crippen molar-refractivity contribution in [3.63, 3.8) is 0 Å². The van der Waals surface area contributed by atoms with E-state index in [0.717, 1.165) is 5.56 Å². The first-order chi connectivity index (χ1) is 19.0. The van der Waals surface area contributed by atoms with Crippen LogP contribution in [-0.2, 0) is 13.0 Å². The number of aromatic amines is 1. The molecule has 1 aliphatic heterocycles. The molecule has 0 saturated heterocycles. The molecule has 0 bridgehead atoms. The van der Waals surface area contributed by atoms with E-state index in [4.69, 9.17) is 44.6 Å². The maximum atomic E-state index is 13.5. The summed E-state index contributed by atoms with van der Waals surface area (Å²) in [4.78, 5) is 51.7. The molecule has 0 radical (unpaired) electrons. The van der Waals surface area contributed by atoms with E-state index < -0.39 is 28.7 Å². The number of aromatic nitrogens is 3. The van der Waals surface area contributed by atoms with Crippen molar-refractivity contribution in [2.75, 3.05) is 6.54 Å². The van der Waals surface area contributed by atoms with Crippen LogP contribution < -0.4 is 16.0 Å². The van der Waals surface area contributed by atoms with Crippen LogP contribution in [0.5, 0.6) is 11.5 Å². The van der Waals surface area contributed by atoms with Crippen molar-refractivity contribution in [3.05, 3.63) is 113 Å². The number of carbonyl (C=O) groups is 2. The lowest BCUT2D eigenvalue weighted by molar-refractivity contribution is 0.0683. The van der Waals surface area contributed by atoms with Crippen LogP contribution in [0.15, 0.2) is 58.1 Å². The Hall–Kier alpha value is -4.19. The van der Waals surface area contributed by atoms with Gasteiger partial charge in [-0.25, -0.2) is 14.0 Å². The van der Waals surface area contributed by atoms with Crippen molar-refractivity contribution in [2.24, 2.45) is 0 Å². The number of halogens is 4. The number of benzene rings is 3. The van der Waals surface area contributed by atoms with Crippen LogP contribution in [-0.4, -0.2) is 43.2 Å². The van der Waals surface area contributed by atoms with Gasteiger partial charge in [-0.3, -0.25) is 14.6 Å². The Balaban J connectivity index is 1.38. The number of hydrogen-bond acceptors (Lipinski definition) is 6. The smallest absolute Gasteiger partial charge is 0.362 e. The normalized spacial score (nSPS) is 12.8. The van der Waals surface area contributed by atoms with Gasteiger partial charge in [0.2, 0.25) is 5.69 Å². The number of H-pyrrole nitrogens is 1. The summed E-state index contributed by atoms with van der Waals surface area (Å²) in [6, 6.07) is 11.7. The highest BCUT2D eigenvalue weighted by Crippen LogP contribution is 2.39. The summed E-state index contributed by atoms with van der Waals surface area (Å²) >= 11 is 18.6. The van der Waals surface area contributed by atoms with E-state index in [9.17, 15) is 23.6 Å². The molecule has 1 aliphatic rings. The first-order valence-electron chi connectivity index (χ1n) is 11.5. The molecule has 2 N–H and O–H groups in total.